The quantitative estimate of drug-likeness (QED) is 0.234. The van der Waals surface area contributed by atoms with Crippen LogP contribution in [0.4, 0.5) is 0 Å². The average molecular weight is 574 g/mol. The molecule has 1 atom stereocenters. The first kappa shape index (κ1) is 22.5. The fraction of sp³-hybridized carbons (Fsp3) is 0.586. The average Bonchev–Trinajstić information content (AvgIpc) is 3.32. The van der Waals surface area contributed by atoms with E-state index in [1.165, 1.54) is 50.5 Å². The summed E-state index contributed by atoms with van der Waals surface area (Å²) in [6, 6.07) is 5.21. The van der Waals surface area contributed by atoms with E-state index in [1.807, 2.05) is 0 Å². The summed E-state index contributed by atoms with van der Waals surface area (Å²) < 4.78 is 19.8. The van der Waals surface area contributed by atoms with Crippen molar-refractivity contribution in [2.75, 3.05) is 0 Å². The number of aryl methyl sites for hydroxylation is 2. The summed E-state index contributed by atoms with van der Waals surface area (Å²) in [5, 5.41) is 0. The van der Waals surface area contributed by atoms with Crippen molar-refractivity contribution in [3.05, 3.63) is 64.8 Å². The van der Waals surface area contributed by atoms with Gasteiger partial charge in [0.2, 0.25) is 0 Å². The second-order valence-electron chi connectivity index (χ2n) is 21.5. The van der Waals surface area contributed by atoms with Gasteiger partial charge in [-0.1, -0.05) is 0 Å². The van der Waals surface area contributed by atoms with Crippen LogP contribution in [0.3, 0.4) is 0 Å². The van der Waals surface area contributed by atoms with E-state index >= 15 is 0 Å². The number of hydrogen-bond donors (Lipinski definition) is 0. The molecule has 167 valence electrons. The predicted octanol–water partition coefficient (Wildman–Crippen LogP) is 10.1. The maximum absolute atomic E-state index is 5.59. The summed E-state index contributed by atoms with van der Waals surface area (Å²) in [7, 11) is 0. The topological polar surface area (TPSA) is 0 Å². The van der Waals surface area contributed by atoms with Gasteiger partial charge in [-0.3, -0.25) is 0 Å². The van der Waals surface area contributed by atoms with Crippen molar-refractivity contribution in [3.8, 4) is 0 Å². The van der Waals surface area contributed by atoms with Crippen LogP contribution in [-0.2, 0) is 28.6 Å². The number of rotatable bonds is 6. The van der Waals surface area contributed by atoms with E-state index in [4.69, 9.17) is 0 Å². The van der Waals surface area contributed by atoms with E-state index in [2.05, 4.69) is 88.3 Å². The second-order valence-corrected chi connectivity index (χ2v) is 131. The molecule has 30 heavy (non-hydrogen) atoms. The zero-order chi connectivity index (χ0) is 22.3. The molecule has 0 amide bonds. The van der Waals surface area contributed by atoms with Crippen LogP contribution in [0.5, 0.6) is 0 Å². The molecule has 1 unspecified atom stereocenters. The summed E-state index contributed by atoms with van der Waals surface area (Å²) in [6.45, 7) is 2.33. The molecule has 0 saturated carbocycles. The summed E-state index contributed by atoms with van der Waals surface area (Å²) in [5.41, 5.74) is 6.35. The third kappa shape index (κ3) is 2.54. The fourth-order valence-corrected chi connectivity index (χ4v) is 41.8. The number of benzene rings is 1. The minimum absolute atomic E-state index is 0.0212. The van der Waals surface area contributed by atoms with Gasteiger partial charge >= 0.3 is 175 Å². The molecule has 0 N–H and O–H groups in total. The summed E-state index contributed by atoms with van der Waals surface area (Å²) in [5.74, 6) is 0. The molecule has 0 aromatic heterocycles. The Balaban J connectivity index is 2.16. The van der Waals surface area contributed by atoms with Gasteiger partial charge in [-0.2, -0.15) is 0 Å². The van der Waals surface area contributed by atoms with Crippen molar-refractivity contribution < 1.29 is 12.6 Å². The third-order valence-electron chi connectivity index (χ3n) is 11.1. The molecule has 0 spiro atoms. The first-order valence-corrected chi connectivity index (χ1v) is 41.8. The Bertz CT molecular complexity index is 1080. The van der Waals surface area contributed by atoms with Gasteiger partial charge in [-0.05, 0) is 0 Å². The van der Waals surface area contributed by atoms with Crippen LogP contribution in [0, 0.1) is 0 Å². The standard InChI is InChI=1S/C17H21.C5H5.7CH3.Hf/c1-2-3-4-6-13-9-10-16-11-14-7-5-8-15(14)12-17(13)16;1-2-4-5-3-1;;;;;;;;/h9-12H,2-8H2,1H3;1-5H;7*1H3;. The van der Waals surface area contributed by atoms with Crippen molar-refractivity contribution in [2.45, 2.75) is 91.5 Å². The maximum atomic E-state index is 2.77. The zero-order valence-corrected chi connectivity index (χ0v) is 24.7. The number of unbranched alkanes of at least 4 members (excludes halogenated alkanes) is 2. The monoisotopic (exact) mass is 575 g/mol. The SMILES string of the molecule is CCCCC[C]1([Hf]([CH3])([CH3])([CH3])([CH3])([CH3])([CH3])([CH3])[CH]2C=CC=C2)C=Cc2cc3c(cc21)CCC3. The number of hydrogen-bond acceptors (Lipinski definition) is 0. The third-order valence-corrected chi connectivity index (χ3v) is 57.2. The Labute approximate surface area is 174 Å². The van der Waals surface area contributed by atoms with Crippen LogP contribution in [-0.4, -0.2) is 0 Å². The molecule has 1 aromatic rings. The normalized spacial score (nSPS) is 29.9. The molecule has 0 bridgehead atoms. The molecule has 4 rings (SSSR count). The predicted molar refractivity (Wildman–Crippen MR) is 136 cm³/mol. The second kappa shape index (κ2) is 4.15. The Morgan fingerprint density at radius 1 is 0.867 bits per heavy atom. The zero-order valence-electron chi connectivity index (χ0n) is 21.1. The van der Waals surface area contributed by atoms with Crippen LogP contribution in [0.25, 0.3) is 6.08 Å². The van der Waals surface area contributed by atoms with Crippen LogP contribution in [0.15, 0.2) is 42.5 Å². The van der Waals surface area contributed by atoms with Gasteiger partial charge in [0.1, 0.15) is 0 Å². The van der Waals surface area contributed by atoms with E-state index in [9.17, 15) is 0 Å². The first-order valence-electron chi connectivity index (χ1n) is 12.8. The Hall–Kier alpha value is -0.690. The molecule has 0 aliphatic heterocycles. The van der Waals surface area contributed by atoms with Gasteiger partial charge in [-0.25, -0.2) is 0 Å². The van der Waals surface area contributed by atoms with Gasteiger partial charge in [0, 0.05) is 0 Å². The molecule has 0 fully saturated rings. The molecule has 1 heteroatoms. The molecule has 3 aliphatic carbocycles. The van der Waals surface area contributed by atoms with Crippen LogP contribution < -0.4 is 0 Å². The van der Waals surface area contributed by atoms with Crippen molar-refractivity contribution in [1.29, 1.82) is 0 Å². The molecular formula is C29H47Hf. The van der Waals surface area contributed by atoms with Crippen molar-refractivity contribution >= 4 is 6.08 Å². The van der Waals surface area contributed by atoms with Gasteiger partial charge in [0.25, 0.3) is 0 Å². The molecule has 0 heterocycles. The van der Waals surface area contributed by atoms with Crippen LogP contribution >= 0.6 is 0 Å². The van der Waals surface area contributed by atoms with Crippen molar-refractivity contribution in [2.24, 2.45) is 0 Å². The molecule has 3 aliphatic rings. The Morgan fingerprint density at radius 3 is 2.07 bits per heavy atom. The Morgan fingerprint density at radius 2 is 1.47 bits per heavy atom. The molecule has 0 saturated heterocycles. The minimum atomic E-state index is -5.59. The van der Waals surface area contributed by atoms with Crippen LogP contribution in [0.1, 0.15) is 61.3 Å². The van der Waals surface area contributed by atoms with Crippen LogP contribution in [0.2, 0.25) is 36.4 Å². The van der Waals surface area contributed by atoms with E-state index in [-0.39, 0.29) is 3.17 Å². The molecular weight excluding hydrogens is 527 g/mol. The van der Waals surface area contributed by atoms with Gasteiger partial charge in [-0.15, -0.1) is 0 Å². The van der Waals surface area contributed by atoms with Gasteiger partial charge < -0.3 is 0 Å². The van der Waals surface area contributed by atoms with Crippen molar-refractivity contribution in [3.63, 3.8) is 0 Å². The van der Waals surface area contributed by atoms with Gasteiger partial charge in [0.15, 0.2) is 0 Å². The van der Waals surface area contributed by atoms with Gasteiger partial charge in [0.05, 0.1) is 0 Å². The summed E-state index contributed by atoms with van der Waals surface area (Å²) in [4.78, 5) is 0. The van der Waals surface area contributed by atoms with E-state index in [0.29, 0.717) is 3.67 Å². The molecule has 0 radical (unpaired) electrons. The number of fused-ring (bicyclic) bond motifs is 2. The number of allylic oxidation sites excluding steroid dienone is 5. The molecule has 1 aromatic carbocycles. The summed E-state index contributed by atoms with van der Waals surface area (Å²) in [6.07, 6.45) is 23.8. The summed E-state index contributed by atoms with van der Waals surface area (Å²) >= 11 is -5.59. The fourth-order valence-electron chi connectivity index (χ4n) is 8.13. The van der Waals surface area contributed by atoms with E-state index in [0.717, 1.165) is 0 Å². The molecule has 0 nitrogen and oxygen atoms in total. The van der Waals surface area contributed by atoms with E-state index in [1.54, 1.807) is 16.7 Å². The first-order chi connectivity index (χ1) is 13.2. The van der Waals surface area contributed by atoms with E-state index < -0.39 is 12.6 Å². The van der Waals surface area contributed by atoms with Crippen molar-refractivity contribution in [1.82, 2.24) is 0 Å². The Kier molecular flexibility index (Phi) is 3.11.